The Morgan fingerprint density at radius 2 is 1.95 bits per heavy atom. The average Bonchev–Trinajstić information content (AvgIpc) is 2.47. The van der Waals surface area contributed by atoms with E-state index in [4.69, 9.17) is 0 Å². The van der Waals surface area contributed by atoms with Gasteiger partial charge in [-0.05, 0) is 20.8 Å². The lowest BCUT2D eigenvalue weighted by atomic mass is 10.1. The minimum absolute atomic E-state index is 0.127. The van der Waals surface area contributed by atoms with Gasteiger partial charge < -0.3 is 5.32 Å². The molecule has 0 aromatic heterocycles. The molecule has 8 heteroatoms. The molecule has 2 amide bonds. The highest BCUT2D eigenvalue weighted by atomic mass is 32.2. The Morgan fingerprint density at radius 3 is 2.37 bits per heavy atom. The molecule has 0 aliphatic carbocycles. The molecule has 0 aromatic carbocycles. The molecule has 1 saturated heterocycles. The van der Waals surface area contributed by atoms with Gasteiger partial charge in [0.25, 0.3) is 0 Å². The number of hydrogen-bond donors (Lipinski definition) is 2. The first-order valence-electron chi connectivity index (χ1n) is 6.12. The van der Waals surface area contributed by atoms with Gasteiger partial charge in [0.2, 0.25) is 21.8 Å². The molecule has 0 spiro atoms. The molecule has 1 rings (SSSR count). The summed E-state index contributed by atoms with van der Waals surface area (Å²) in [4.78, 5) is 24.6. The SMILES string of the molecule is CCN1C(=O)CC(NCC(C)(C)NS(C)(=O)=O)C1=O. The summed E-state index contributed by atoms with van der Waals surface area (Å²) in [5.74, 6) is -0.443. The molecule has 1 unspecified atom stereocenters. The van der Waals surface area contributed by atoms with Crippen LogP contribution >= 0.6 is 0 Å². The van der Waals surface area contributed by atoms with E-state index in [1.54, 1.807) is 20.8 Å². The summed E-state index contributed by atoms with van der Waals surface area (Å²) in [6.45, 7) is 5.79. The van der Waals surface area contributed by atoms with Crippen molar-refractivity contribution < 1.29 is 18.0 Å². The Morgan fingerprint density at radius 1 is 1.37 bits per heavy atom. The summed E-state index contributed by atoms with van der Waals surface area (Å²) >= 11 is 0. The molecule has 19 heavy (non-hydrogen) atoms. The van der Waals surface area contributed by atoms with Crippen molar-refractivity contribution in [3.8, 4) is 0 Å². The topological polar surface area (TPSA) is 95.6 Å². The van der Waals surface area contributed by atoms with Gasteiger partial charge in [-0.2, -0.15) is 0 Å². The predicted octanol–water partition coefficient (Wildman–Crippen LogP) is -0.949. The normalized spacial score (nSPS) is 21.3. The first kappa shape index (κ1) is 16.1. The first-order chi connectivity index (χ1) is 8.56. The molecular weight excluding hydrogens is 270 g/mol. The van der Waals surface area contributed by atoms with Crippen LogP contribution in [0, 0.1) is 0 Å². The van der Waals surface area contributed by atoms with Crippen LogP contribution in [0.4, 0.5) is 0 Å². The second-order valence-corrected chi connectivity index (χ2v) is 7.12. The van der Waals surface area contributed by atoms with Gasteiger partial charge in [-0.25, -0.2) is 13.1 Å². The maximum Gasteiger partial charge on any atom is 0.246 e. The lowest BCUT2D eigenvalue weighted by Crippen LogP contribution is -2.53. The van der Waals surface area contributed by atoms with Crippen molar-refractivity contribution >= 4 is 21.8 Å². The monoisotopic (exact) mass is 291 g/mol. The van der Waals surface area contributed by atoms with Crippen LogP contribution in [0.1, 0.15) is 27.2 Å². The van der Waals surface area contributed by atoms with Crippen LogP contribution in [0.15, 0.2) is 0 Å². The van der Waals surface area contributed by atoms with Crippen molar-refractivity contribution in [2.24, 2.45) is 0 Å². The van der Waals surface area contributed by atoms with Crippen molar-refractivity contribution in [1.29, 1.82) is 0 Å². The van der Waals surface area contributed by atoms with Gasteiger partial charge in [0, 0.05) is 18.6 Å². The van der Waals surface area contributed by atoms with E-state index in [9.17, 15) is 18.0 Å². The Hall–Kier alpha value is -0.990. The van der Waals surface area contributed by atoms with Crippen LogP contribution in [0.3, 0.4) is 0 Å². The van der Waals surface area contributed by atoms with E-state index in [1.807, 2.05) is 0 Å². The van der Waals surface area contributed by atoms with Gasteiger partial charge >= 0.3 is 0 Å². The summed E-state index contributed by atoms with van der Waals surface area (Å²) in [7, 11) is -3.32. The van der Waals surface area contributed by atoms with Crippen LogP contribution in [-0.4, -0.2) is 56.1 Å². The molecule has 7 nitrogen and oxygen atoms in total. The fourth-order valence-electron chi connectivity index (χ4n) is 2.09. The third-order valence-corrected chi connectivity index (χ3v) is 3.74. The van der Waals surface area contributed by atoms with Crippen molar-refractivity contribution in [3.05, 3.63) is 0 Å². The van der Waals surface area contributed by atoms with Gasteiger partial charge in [0.1, 0.15) is 0 Å². The molecule has 1 atom stereocenters. The Labute approximate surface area is 113 Å². The molecule has 1 aliphatic heterocycles. The largest absolute Gasteiger partial charge is 0.304 e. The van der Waals surface area contributed by atoms with Crippen LogP contribution in [-0.2, 0) is 19.6 Å². The number of nitrogens with zero attached hydrogens (tertiary/aromatic N) is 1. The molecule has 0 bridgehead atoms. The zero-order valence-corrected chi connectivity index (χ0v) is 12.5. The molecule has 1 fully saturated rings. The van der Waals surface area contributed by atoms with E-state index in [0.29, 0.717) is 6.54 Å². The summed E-state index contributed by atoms with van der Waals surface area (Å²) < 4.78 is 24.8. The van der Waals surface area contributed by atoms with Crippen molar-refractivity contribution in [3.63, 3.8) is 0 Å². The Balaban J connectivity index is 2.58. The van der Waals surface area contributed by atoms with E-state index >= 15 is 0 Å². The van der Waals surface area contributed by atoms with Gasteiger partial charge in [0.15, 0.2) is 0 Å². The zero-order chi connectivity index (χ0) is 14.8. The number of nitrogens with one attached hydrogen (secondary N) is 2. The summed E-state index contributed by atoms with van der Waals surface area (Å²) in [6.07, 6.45) is 1.21. The Kier molecular flexibility index (Phi) is 4.70. The lowest BCUT2D eigenvalue weighted by Gasteiger charge is -2.26. The number of sulfonamides is 1. The number of imide groups is 1. The van der Waals surface area contributed by atoms with Gasteiger partial charge in [-0.1, -0.05) is 0 Å². The minimum atomic E-state index is -3.32. The van der Waals surface area contributed by atoms with E-state index in [-0.39, 0.29) is 24.8 Å². The number of rotatable bonds is 6. The fourth-order valence-corrected chi connectivity index (χ4v) is 3.17. The van der Waals surface area contributed by atoms with Gasteiger partial charge in [0.05, 0.1) is 18.7 Å². The Bertz CT molecular complexity index is 472. The third kappa shape index (κ3) is 4.55. The number of carbonyl (C=O) groups is 2. The highest BCUT2D eigenvalue weighted by Crippen LogP contribution is 2.13. The summed E-state index contributed by atoms with van der Waals surface area (Å²) in [5.41, 5.74) is -0.726. The minimum Gasteiger partial charge on any atom is -0.304 e. The van der Waals surface area contributed by atoms with Crippen molar-refractivity contribution in [2.75, 3.05) is 19.3 Å². The molecule has 2 N–H and O–H groups in total. The van der Waals surface area contributed by atoms with E-state index in [1.165, 1.54) is 4.90 Å². The quantitative estimate of drug-likeness (QED) is 0.615. The predicted molar refractivity (Wildman–Crippen MR) is 70.9 cm³/mol. The molecule has 1 heterocycles. The van der Waals surface area contributed by atoms with Gasteiger partial charge in [-0.3, -0.25) is 14.5 Å². The molecule has 0 aromatic rings. The molecule has 0 radical (unpaired) electrons. The third-order valence-electron chi connectivity index (χ3n) is 2.81. The number of carbonyl (C=O) groups excluding carboxylic acids is 2. The zero-order valence-electron chi connectivity index (χ0n) is 11.7. The highest BCUT2D eigenvalue weighted by molar-refractivity contribution is 7.88. The maximum absolute atomic E-state index is 11.9. The first-order valence-corrected chi connectivity index (χ1v) is 8.01. The van der Waals surface area contributed by atoms with Crippen LogP contribution in [0.5, 0.6) is 0 Å². The number of amides is 2. The number of hydrogen-bond acceptors (Lipinski definition) is 5. The fraction of sp³-hybridized carbons (Fsp3) is 0.818. The molecule has 110 valence electrons. The lowest BCUT2D eigenvalue weighted by molar-refractivity contribution is -0.138. The van der Waals surface area contributed by atoms with E-state index in [2.05, 4.69) is 10.0 Å². The number of likely N-dealkylation sites (N-methyl/N-ethyl adjacent to an activating group) is 1. The smallest absolute Gasteiger partial charge is 0.246 e. The standard InChI is InChI=1S/C11H21N3O4S/c1-5-14-9(15)6-8(10(14)16)12-7-11(2,3)13-19(4,17)18/h8,12-13H,5-7H2,1-4H3. The molecule has 0 saturated carbocycles. The summed E-state index contributed by atoms with van der Waals surface area (Å²) in [5, 5.41) is 2.95. The number of likely N-dealkylation sites (tertiary alicyclic amines) is 1. The van der Waals surface area contributed by atoms with Crippen LogP contribution in [0.2, 0.25) is 0 Å². The van der Waals surface area contributed by atoms with Crippen molar-refractivity contribution in [2.45, 2.75) is 38.8 Å². The molecule has 1 aliphatic rings. The van der Waals surface area contributed by atoms with Crippen LogP contribution in [0.25, 0.3) is 0 Å². The van der Waals surface area contributed by atoms with Gasteiger partial charge in [-0.15, -0.1) is 0 Å². The van der Waals surface area contributed by atoms with E-state index < -0.39 is 21.6 Å². The van der Waals surface area contributed by atoms with Crippen LogP contribution < -0.4 is 10.0 Å². The maximum atomic E-state index is 11.9. The van der Waals surface area contributed by atoms with E-state index in [0.717, 1.165) is 6.26 Å². The highest BCUT2D eigenvalue weighted by Gasteiger charge is 2.38. The second kappa shape index (κ2) is 5.56. The molecular formula is C11H21N3O4S. The summed E-state index contributed by atoms with van der Waals surface area (Å²) in [6, 6.07) is -0.562. The second-order valence-electron chi connectivity index (χ2n) is 5.37. The average molecular weight is 291 g/mol. The van der Waals surface area contributed by atoms with Crippen molar-refractivity contribution in [1.82, 2.24) is 14.9 Å².